The van der Waals surface area contributed by atoms with Gasteiger partial charge in [0.1, 0.15) is 0 Å². The van der Waals surface area contributed by atoms with Gasteiger partial charge in [0.15, 0.2) is 0 Å². The van der Waals surface area contributed by atoms with Crippen molar-refractivity contribution in [3.8, 4) is 39.1 Å². The van der Waals surface area contributed by atoms with Crippen molar-refractivity contribution >= 4 is 96.4 Å². The number of aromatic nitrogens is 1. The standard InChI is InChI=1S/C58H35NS/c1-3-11-47-36(9-1)17-19-41-29-38(21-25-49(41)47)43-31-44(39-22-26-50-42(30-39)20-18-37-10-2-4-12-48(37)50)33-45(32-43)40-23-27-53-54-28-24-46(35-58(54)60-57(53)34-40)59-55-15-7-5-13-51(55)52-14-6-8-16-56(52)59/h1-35H. The van der Waals surface area contributed by atoms with Crippen LogP contribution in [0.4, 0.5) is 0 Å². The minimum absolute atomic E-state index is 1.19. The minimum Gasteiger partial charge on any atom is -0.309 e. The monoisotopic (exact) mass is 777 g/mol. The molecule has 0 saturated heterocycles. The lowest BCUT2D eigenvalue weighted by Gasteiger charge is -2.14. The fraction of sp³-hybridized carbons (Fsp3) is 0. The Kier molecular flexibility index (Phi) is 7.24. The van der Waals surface area contributed by atoms with Crippen molar-refractivity contribution in [1.29, 1.82) is 0 Å². The highest BCUT2D eigenvalue weighted by Crippen LogP contribution is 2.42. The fourth-order valence-corrected chi connectivity index (χ4v) is 11.0. The third-order valence-corrected chi connectivity index (χ3v) is 13.8. The Labute approximate surface area is 350 Å². The molecule has 2 aromatic heterocycles. The van der Waals surface area contributed by atoms with E-state index in [1.807, 2.05) is 11.3 Å². The molecule has 0 amide bonds. The van der Waals surface area contributed by atoms with Crippen molar-refractivity contribution in [2.45, 2.75) is 0 Å². The Morgan fingerprint density at radius 2 is 0.650 bits per heavy atom. The summed E-state index contributed by atoms with van der Waals surface area (Å²) < 4.78 is 5.00. The topological polar surface area (TPSA) is 4.93 Å². The Morgan fingerprint density at radius 3 is 1.20 bits per heavy atom. The SMILES string of the molecule is c1ccc2c(c1)ccc1cc(-c3cc(-c4ccc5c(ccc6ccccc65)c4)cc(-c4ccc5c(c4)sc4cc(-n6c7ccccc7c7ccccc76)ccc45)c3)ccc12. The highest BCUT2D eigenvalue weighted by Gasteiger charge is 2.15. The van der Waals surface area contributed by atoms with Gasteiger partial charge in [-0.2, -0.15) is 0 Å². The van der Waals surface area contributed by atoms with Crippen LogP contribution in [0.25, 0.3) is 124 Å². The largest absolute Gasteiger partial charge is 0.309 e. The smallest absolute Gasteiger partial charge is 0.0541 e. The van der Waals surface area contributed by atoms with Crippen LogP contribution in [0, 0.1) is 0 Å². The molecule has 2 heterocycles. The van der Waals surface area contributed by atoms with Crippen LogP contribution in [0.3, 0.4) is 0 Å². The van der Waals surface area contributed by atoms with Crippen LogP contribution in [-0.4, -0.2) is 4.57 Å². The molecule has 0 spiro atoms. The summed E-state index contributed by atoms with van der Waals surface area (Å²) in [5.41, 5.74) is 10.9. The molecule has 0 saturated carbocycles. The average molecular weight is 778 g/mol. The molecule has 0 atom stereocenters. The molecule has 1 nitrogen and oxygen atoms in total. The van der Waals surface area contributed by atoms with E-state index in [0.717, 1.165) is 0 Å². The number of hydrogen-bond donors (Lipinski definition) is 0. The molecule has 0 N–H and O–H groups in total. The predicted octanol–water partition coefficient (Wildman–Crippen LogP) is 16.8. The van der Waals surface area contributed by atoms with Crippen molar-refractivity contribution in [3.63, 3.8) is 0 Å². The van der Waals surface area contributed by atoms with E-state index in [-0.39, 0.29) is 0 Å². The number of thiophene rings is 1. The van der Waals surface area contributed by atoms with Crippen LogP contribution in [0.1, 0.15) is 0 Å². The predicted molar refractivity (Wildman–Crippen MR) is 260 cm³/mol. The number of fused-ring (bicyclic) bond motifs is 12. The van der Waals surface area contributed by atoms with Gasteiger partial charge in [0.2, 0.25) is 0 Å². The quantitative estimate of drug-likeness (QED) is 0.157. The minimum atomic E-state index is 1.19. The van der Waals surface area contributed by atoms with Crippen LogP contribution in [0.2, 0.25) is 0 Å². The first-order valence-electron chi connectivity index (χ1n) is 20.6. The zero-order chi connectivity index (χ0) is 39.3. The molecule has 0 radical (unpaired) electrons. The maximum atomic E-state index is 2.41. The van der Waals surface area contributed by atoms with Crippen LogP contribution < -0.4 is 0 Å². The molecular weight excluding hydrogens is 743 g/mol. The van der Waals surface area contributed by atoms with Crippen molar-refractivity contribution in [1.82, 2.24) is 4.57 Å². The van der Waals surface area contributed by atoms with Gasteiger partial charge >= 0.3 is 0 Å². The Hall–Kier alpha value is -7.52. The van der Waals surface area contributed by atoms with Gasteiger partial charge in [0.25, 0.3) is 0 Å². The van der Waals surface area contributed by atoms with Crippen LogP contribution in [0.5, 0.6) is 0 Å². The fourth-order valence-electron chi connectivity index (χ4n) is 9.80. The molecule has 0 fully saturated rings. The van der Waals surface area contributed by atoms with E-state index in [1.165, 1.54) is 124 Å². The molecule has 0 bridgehead atoms. The van der Waals surface area contributed by atoms with E-state index < -0.39 is 0 Å². The van der Waals surface area contributed by atoms with Gasteiger partial charge in [-0.1, -0.05) is 152 Å². The summed E-state index contributed by atoms with van der Waals surface area (Å²) >= 11 is 1.89. The highest BCUT2D eigenvalue weighted by molar-refractivity contribution is 7.25. The molecule has 0 aliphatic carbocycles. The van der Waals surface area contributed by atoms with Gasteiger partial charge in [-0.25, -0.2) is 0 Å². The van der Waals surface area contributed by atoms with Gasteiger partial charge in [0.05, 0.1) is 11.0 Å². The van der Waals surface area contributed by atoms with Crippen molar-refractivity contribution in [3.05, 3.63) is 212 Å². The molecule has 278 valence electrons. The van der Waals surface area contributed by atoms with Gasteiger partial charge in [-0.05, 0) is 137 Å². The first-order valence-corrected chi connectivity index (χ1v) is 21.5. The number of nitrogens with zero attached hydrogens (tertiary/aromatic N) is 1. The summed E-state index contributed by atoms with van der Waals surface area (Å²) in [6.07, 6.45) is 0. The number of hydrogen-bond acceptors (Lipinski definition) is 1. The van der Waals surface area contributed by atoms with Gasteiger partial charge in [-0.15, -0.1) is 11.3 Å². The van der Waals surface area contributed by atoms with E-state index in [9.17, 15) is 0 Å². The molecule has 0 unspecified atom stereocenters. The maximum Gasteiger partial charge on any atom is 0.0541 e. The highest BCUT2D eigenvalue weighted by atomic mass is 32.1. The molecule has 2 heteroatoms. The normalized spacial score (nSPS) is 12.0. The van der Waals surface area contributed by atoms with Crippen molar-refractivity contribution in [2.24, 2.45) is 0 Å². The number of rotatable bonds is 4. The van der Waals surface area contributed by atoms with E-state index in [4.69, 9.17) is 0 Å². The van der Waals surface area contributed by atoms with E-state index in [0.29, 0.717) is 0 Å². The van der Waals surface area contributed by atoms with Crippen LogP contribution in [-0.2, 0) is 0 Å². The molecule has 60 heavy (non-hydrogen) atoms. The second-order valence-electron chi connectivity index (χ2n) is 16.1. The second kappa shape index (κ2) is 13.0. The second-order valence-corrected chi connectivity index (χ2v) is 17.2. The molecule has 13 rings (SSSR count). The summed E-state index contributed by atoms with van der Waals surface area (Å²) in [4.78, 5) is 0. The van der Waals surface area contributed by atoms with E-state index in [1.54, 1.807) is 0 Å². The molecule has 0 aliphatic heterocycles. The molecule has 11 aromatic carbocycles. The van der Waals surface area contributed by atoms with Crippen LogP contribution >= 0.6 is 11.3 Å². The Balaban J connectivity index is 0.969. The zero-order valence-corrected chi connectivity index (χ0v) is 33.4. The number of benzene rings is 11. The van der Waals surface area contributed by atoms with Crippen molar-refractivity contribution in [2.75, 3.05) is 0 Å². The van der Waals surface area contributed by atoms with Gasteiger partial charge < -0.3 is 4.57 Å². The average Bonchev–Trinajstić information content (AvgIpc) is 3.86. The summed E-state index contributed by atoms with van der Waals surface area (Å²) in [7, 11) is 0. The first kappa shape index (κ1) is 33.5. The zero-order valence-electron chi connectivity index (χ0n) is 32.6. The molecular formula is C58H35NS. The third kappa shape index (κ3) is 5.18. The molecule has 13 aromatic rings. The van der Waals surface area contributed by atoms with Crippen LogP contribution in [0.15, 0.2) is 212 Å². The van der Waals surface area contributed by atoms with Crippen molar-refractivity contribution < 1.29 is 0 Å². The lowest BCUT2D eigenvalue weighted by atomic mass is 9.91. The summed E-state index contributed by atoms with van der Waals surface area (Å²) in [6.45, 7) is 0. The Bertz CT molecular complexity index is 3710. The van der Waals surface area contributed by atoms with Gasteiger partial charge in [-0.3, -0.25) is 0 Å². The Morgan fingerprint density at radius 1 is 0.250 bits per heavy atom. The van der Waals surface area contributed by atoms with E-state index >= 15 is 0 Å². The maximum absolute atomic E-state index is 2.41. The molecule has 0 aliphatic rings. The first-order chi connectivity index (χ1) is 29.7. The lowest BCUT2D eigenvalue weighted by molar-refractivity contribution is 1.19. The summed E-state index contributed by atoms with van der Waals surface area (Å²) in [5.74, 6) is 0. The summed E-state index contributed by atoms with van der Waals surface area (Å²) in [6, 6.07) is 79.0. The van der Waals surface area contributed by atoms with Gasteiger partial charge in [0, 0.05) is 36.6 Å². The third-order valence-electron chi connectivity index (χ3n) is 12.7. The summed E-state index contributed by atoms with van der Waals surface area (Å²) in [5, 5.41) is 15.4. The number of para-hydroxylation sites is 2. The van der Waals surface area contributed by atoms with E-state index in [2.05, 4.69) is 217 Å². The lowest BCUT2D eigenvalue weighted by Crippen LogP contribution is -1.92.